The quantitative estimate of drug-likeness (QED) is 0.430. The Hall–Kier alpha value is -3.69. The van der Waals surface area contributed by atoms with Crippen LogP contribution in [0.2, 0.25) is 0 Å². The smallest absolute Gasteiger partial charge is 0.244 e. The maximum absolute atomic E-state index is 13.7. The summed E-state index contributed by atoms with van der Waals surface area (Å²) in [5, 5.41) is 2.90. The van der Waals surface area contributed by atoms with Crippen LogP contribution in [0.4, 0.5) is 0 Å². The first kappa shape index (κ1) is 23.1. The Morgan fingerprint density at radius 3 is 2.54 bits per heavy atom. The molecule has 1 aliphatic heterocycles. The van der Waals surface area contributed by atoms with E-state index in [0.29, 0.717) is 24.5 Å². The molecule has 1 amide bonds. The molecule has 0 saturated carbocycles. The van der Waals surface area contributed by atoms with E-state index < -0.39 is 16.1 Å². The first-order valence-corrected chi connectivity index (χ1v) is 12.9. The lowest BCUT2D eigenvalue weighted by atomic mass is 9.95. The Labute approximate surface area is 204 Å². The van der Waals surface area contributed by atoms with E-state index in [2.05, 4.69) is 10.3 Å². The first-order valence-electron chi connectivity index (χ1n) is 11.5. The third-order valence-electron chi connectivity index (χ3n) is 6.11. The third-order valence-corrected chi connectivity index (χ3v) is 7.98. The number of rotatable bonds is 7. The van der Waals surface area contributed by atoms with Crippen molar-refractivity contribution < 1.29 is 17.9 Å². The van der Waals surface area contributed by atoms with Gasteiger partial charge in [-0.05, 0) is 60.9 Å². The number of hydrogen-bond acceptors (Lipinski definition) is 5. The Kier molecular flexibility index (Phi) is 6.27. The summed E-state index contributed by atoms with van der Waals surface area (Å²) in [5.41, 5.74) is 3.34. The van der Waals surface area contributed by atoms with Gasteiger partial charge in [0.1, 0.15) is 17.4 Å². The van der Waals surface area contributed by atoms with Crippen molar-refractivity contribution in [2.24, 2.45) is 0 Å². The monoisotopic (exact) mass is 490 g/mol. The Morgan fingerprint density at radius 1 is 1.06 bits per heavy atom. The SMILES string of the molecule is CCOc1ccc(S(=O)(=O)N2Cc3ccccc3CC2C(=O)NCc2cn3ccccc3n2)cc1. The number of benzene rings is 2. The number of fused-ring (bicyclic) bond motifs is 2. The number of carbonyl (C=O) groups is 1. The maximum Gasteiger partial charge on any atom is 0.244 e. The number of aromatic nitrogens is 2. The summed E-state index contributed by atoms with van der Waals surface area (Å²) in [6.45, 7) is 2.68. The van der Waals surface area contributed by atoms with Crippen LogP contribution in [0.3, 0.4) is 0 Å². The Balaban J connectivity index is 1.41. The zero-order valence-electron chi connectivity index (χ0n) is 19.3. The minimum atomic E-state index is -3.94. The van der Waals surface area contributed by atoms with Gasteiger partial charge >= 0.3 is 0 Å². The molecule has 9 heteroatoms. The molecule has 5 rings (SSSR count). The van der Waals surface area contributed by atoms with Crippen LogP contribution in [-0.4, -0.2) is 40.7 Å². The average Bonchev–Trinajstić information content (AvgIpc) is 3.30. The maximum atomic E-state index is 13.7. The predicted octanol–water partition coefficient (Wildman–Crippen LogP) is 3.17. The van der Waals surface area contributed by atoms with Crippen molar-refractivity contribution in [2.75, 3.05) is 6.61 Å². The van der Waals surface area contributed by atoms with Gasteiger partial charge in [-0.3, -0.25) is 4.79 Å². The van der Waals surface area contributed by atoms with E-state index >= 15 is 0 Å². The molecule has 8 nitrogen and oxygen atoms in total. The van der Waals surface area contributed by atoms with E-state index in [9.17, 15) is 13.2 Å². The molecule has 0 spiro atoms. The van der Waals surface area contributed by atoms with Gasteiger partial charge in [0.25, 0.3) is 0 Å². The highest BCUT2D eigenvalue weighted by molar-refractivity contribution is 7.89. The molecular weight excluding hydrogens is 464 g/mol. The molecule has 1 aliphatic rings. The van der Waals surface area contributed by atoms with Crippen molar-refractivity contribution in [3.63, 3.8) is 0 Å². The molecule has 35 heavy (non-hydrogen) atoms. The van der Waals surface area contributed by atoms with Crippen LogP contribution in [0, 0.1) is 0 Å². The minimum absolute atomic E-state index is 0.123. The summed E-state index contributed by atoms with van der Waals surface area (Å²) < 4.78 is 35.9. The highest BCUT2D eigenvalue weighted by Gasteiger charge is 2.39. The van der Waals surface area contributed by atoms with Crippen molar-refractivity contribution >= 4 is 21.6 Å². The van der Waals surface area contributed by atoms with E-state index in [-0.39, 0.29) is 23.9 Å². The van der Waals surface area contributed by atoms with Crippen LogP contribution in [0.25, 0.3) is 5.65 Å². The summed E-state index contributed by atoms with van der Waals surface area (Å²) in [6, 6.07) is 18.7. The van der Waals surface area contributed by atoms with Crippen LogP contribution in [-0.2, 0) is 34.3 Å². The van der Waals surface area contributed by atoms with Gasteiger partial charge in [0.2, 0.25) is 15.9 Å². The number of sulfonamides is 1. The molecular formula is C26H26N4O4S. The molecule has 4 aromatic rings. The molecule has 1 unspecified atom stereocenters. The fourth-order valence-corrected chi connectivity index (χ4v) is 5.92. The average molecular weight is 491 g/mol. The molecule has 0 fully saturated rings. The van der Waals surface area contributed by atoms with Gasteiger partial charge in [-0.2, -0.15) is 4.31 Å². The molecule has 1 atom stereocenters. The molecule has 2 aromatic carbocycles. The lowest BCUT2D eigenvalue weighted by Gasteiger charge is -2.35. The summed E-state index contributed by atoms with van der Waals surface area (Å²) in [6.07, 6.45) is 4.03. The Bertz CT molecular complexity index is 1430. The number of pyridine rings is 1. The van der Waals surface area contributed by atoms with Gasteiger partial charge in [-0.25, -0.2) is 13.4 Å². The first-order chi connectivity index (χ1) is 17.0. The second-order valence-electron chi connectivity index (χ2n) is 8.36. The van der Waals surface area contributed by atoms with Crippen molar-refractivity contribution in [1.82, 2.24) is 19.0 Å². The van der Waals surface area contributed by atoms with E-state index in [1.807, 2.05) is 66.2 Å². The lowest BCUT2D eigenvalue weighted by molar-refractivity contribution is -0.125. The number of ether oxygens (including phenoxy) is 1. The number of hydrogen-bond donors (Lipinski definition) is 1. The van der Waals surface area contributed by atoms with E-state index in [1.54, 1.807) is 12.1 Å². The van der Waals surface area contributed by atoms with Crippen molar-refractivity contribution in [3.05, 3.63) is 95.9 Å². The second kappa shape index (κ2) is 9.52. The number of amides is 1. The fourth-order valence-electron chi connectivity index (χ4n) is 4.35. The van der Waals surface area contributed by atoms with Crippen LogP contribution >= 0.6 is 0 Å². The molecule has 0 saturated heterocycles. The second-order valence-corrected chi connectivity index (χ2v) is 10.3. The summed E-state index contributed by atoms with van der Waals surface area (Å²) >= 11 is 0. The van der Waals surface area contributed by atoms with Gasteiger partial charge in [-0.1, -0.05) is 30.3 Å². The van der Waals surface area contributed by atoms with Crippen molar-refractivity contribution in [1.29, 1.82) is 0 Å². The van der Waals surface area contributed by atoms with Crippen LogP contribution in [0.5, 0.6) is 5.75 Å². The summed E-state index contributed by atoms with van der Waals surface area (Å²) in [4.78, 5) is 18.0. The van der Waals surface area contributed by atoms with E-state index in [1.165, 1.54) is 16.4 Å². The number of nitrogens with zero attached hydrogens (tertiary/aromatic N) is 3. The van der Waals surface area contributed by atoms with Gasteiger partial charge in [0, 0.05) is 18.9 Å². The van der Waals surface area contributed by atoms with Gasteiger partial charge in [0.05, 0.1) is 23.7 Å². The standard InChI is InChI=1S/C26H26N4O4S/c1-2-34-22-10-12-23(13-11-22)35(32,33)30-17-20-8-4-3-7-19(20)15-24(30)26(31)27-16-21-18-29-14-6-5-9-25(29)28-21/h3-14,18,24H,2,15-17H2,1H3,(H,27,31). The van der Waals surface area contributed by atoms with Crippen LogP contribution in [0.1, 0.15) is 23.7 Å². The van der Waals surface area contributed by atoms with E-state index in [0.717, 1.165) is 16.8 Å². The fraction of sp³-hybridized carbons (Fsp3) is 0.231. The molecule has 2 aromatic heterocycles. The summed E-state index contributed by atoms with van der Waals surface area (Å²) in [7, 11) is -3.94. The normalized spacial score (nSPS) is 16.1. The number of carbonyl (C=O) groups excluding carboxylic acids is 1. The third kappa shape index (κ3) is 4.65. The van der Waals surface area contributed by atoms with E-state index in [4.69, 9.17) is 4.74 Å². The van der Waals surface area contributed by atoms with Crippen molar-refractivity contribution in [2.45, 2.75) is 37.4 Å². The van der Waals surface area contributed by atoms with Gasteiger partial charge in [-0.15, -0.1) is 0 Å². The molecule has 0 radical (unpaired) electrons. The van der Waals surface area contributed by atoms with Crippen LogP contribution < -0.4 is 10.1 Å². The largest absolute Gasteiger partial charge is 0.494 e. The molecule has 180 valence electrons. The molecule has 3 heterocycles. The number of nitrogens with one attached hydrogen (secondary N) is 1. The van der Waals surface area contributed by atoms with Gasteiger partial charge < -0.3 is 14.5 Å². The van der Waals surface area contributed by atoms with Gasteiger partial charge in [0.15, 0.2) is 0 Å². The zero-order valence-corrected chi connectivity index (χ0v) is 20.1. The predicted molar refractivity (Wildman–Crippen MR) is 131 cm³/mol. The topological polar surface area (TPSA) is 93.0 Å². The summed E-state index contributed by atoms with van der Waals surface area (Å²) in [5.74, 6) is 0.239. The molecule has 0 aliphatic carbocycles. The lowest BCUT2D eigenvalue weighted by Crippen LogP contribution is -2.52. The zero-order chi connectivity index (χ0) is 24.4. The Morgan fingerprint density at radius 2 is 1.80 bits per heavy atom. The van der Waals surface area contributed by atoms with Crippen LogP contribution in [0.15, 0.2) is 84.0 Å². The highest BCUT2D eigenvalue weighted by Crippen LogP contribution is 2.30. The minimum Gasteiger partial charge on any atom is -0.494 e. The molecule has 1 N–H and O–H groups in total. The number of imidazole rings is 1. The highest BCUT2D eigenvalue weighted by atomic mass is 32.2. The molecule has 0 bridgehead atoms. The van der Waals surface area contributed by atoms with Crippen molar-refractivity contribution in [3.8, 4) is 5.75 Å².